The van der Waals surface area contributed by atoms with Gasteiger partial charge in [0.2, 0.25) is 0 Å². The van der Waals surface area contributed by atoms with E-state index in [9.17, 15) is 0 Å². The summed E-state index contributed by atoms with van der Waals surface area (Å²) in [5.41, 5.74) is 1.41. The van der Waals surface area contributed by atoms with E-state index in [1.54, 1.807) is 7.11 Å². The number of rotatable bonds is 11. The summed E-state index contributed by atoms with van der Waals surface area (Å²) in [5, 5.41) is 0. The summed E-state index contributed by atoms with van der Waals surface area (Å²) in [7, 11) is 1.71. The monoisotopic (exact) mass is 264 g/mol. The van der Waals surface area contributed by atoms with E-state index in [0.717, 1.165) is 25.4 Å². The van der Waals surface area contributed by atoms with Crippen molar-refractivity contribution in [2.45, 2.75) is 51.9 Å². The fraction of sp³-hybridized carbons (Fsp3) is 0.647. The van der Waals surface area contributed by atoms with Crippen LogP contribution in [0.3, 0.4) is 0 Å². The summed E-state index contributed by atoms with van der Waals surface area (Å²) in [6.07, 6.45) is 8.74. The molecule has 2 heteroatoms. The number of methoxy groups -OCH3 is 1. The Balaban J connectivity index is 1.95. The van der Waals surface area contributed by atoms with E-state index in [1.807, 2.05) is 12.1 Å². The molecule has 0 aliphatic carbocycles. The molecule has 0 fully saturated rings. The number of hydrogen-bond acceptors (Lipinski definition) is 2. The Bertz CT molecular complexity index is 306. The van der Waals surface area contributed by atoms with Gasteiger partial charge in [0.1, 0.15) is 5.75 Å². The van der Waals surface area contributed by atoms with Crippen LogP contribution in [0, 0.1) is 0 Å². The van der Waals surface area contributed by atoms with Crippen LogP contribution in [0.4, 0.5) is 0 Å². The molecular formula is C17H28O2. The van der Waals surface area contributed by atoms with Crippen molar-refractivity contribution in [3.63, 3.8) is 0 Å². The minimum absolute atomic E-state index is 0.914. The van der Waals surface area contributed by atoms with Crippen LogP contribution in [0.15, 0.2) is 24.3 Å². The third-order valence-electron chi connectivity index (χ3n) is 3.26. The molecule has 0 saturated carbocycles. The molecule has 0 spiro atoms. The van der Waals surface area contributed by atoms with Gasteiger partial charge in [-0.3, -0.25) is 0 Å². The van der Waals surface area contributed by atoms with Crippen molar-refractivity contribution in [1.29, 1.82) is 0 Å². The molecule has 0 heterocycles. The second kappa shape index (κ2) is 10.9. The highest BCUT2D eigenvalue weighted by Crippen LogP contribution is 2.14. The first-order valence-corrected chi connectivity index (χ1v) is 7.57. The van der Waals surface area contributed by atoms with Gasteiger partial charge in [-0.2, -0.15) is 0 Å². The Kier molecular flexibility index (Phi) is 9.17. The van der Waals surface area contributed by atoms with Gasteiger partial charge in [-0.25, -0.2) is 0 Å². The topological polar surface area (TPSA) is 18.5 Å². The maximum absolute atomic E-state index is 5.47. The second-order valence-electron chi connectivity index (χ2n) is 4.98. The van der Waals surface area contributed by atoms with Gasteiger partial charge in [0.05, 0.1) is 7.11 Å². The molecule has 0 unspecified atom stereocenters. The SMILES string of the molecule is CCCOCCCCCCCc1ccc(OC)cc1. The van der Waals surface area contributed by atoms with Crippen LogP contribution in [-0.2, 0) is 11.2 Å². The first-order valence-electron chi connectivity index (χ1n) is 7.57. The molecule has 1 aromatic rings. The standard InChI is InChI=1S/C17H28O2/c1-3-14-19-15-8-6-4-5-7-9-16-10-12-17(18-2)13-11-16/h10-13H,3-9,14-15H2,1-2H3. The molecule has 0 atom stereocenters. The van der Waals surface area contributed by atoms with Crippen molar-refractivity contribution < 1.29 is 9.47 Å². The predicted molar refractivity (Wildman–Crippen MR) is 80.9 cm³/mol. The van der Waals surface area contributed by atoms with E-state index in [2.05, 4.69) is 19.1 Å². The van der Waals surface area contributed by atoms with Crippen molar-refractivity contribution in [1.82, 2.24) is 0 Å². The van der Waals surface area contributed by atoms with Gasteiger partial charge in [-0.05, 0) is 43.4 Å². The van der Waals surface area contributed by atoms with Crippen LogP contribution in [-0.4, -0.2) is 20.3 Å². The Hall–Kier alpha value is -1.02. The fourth-order valence-electron chi connectivity index (χ4n) is 2.10. The molecule has 0 aliphatic heterocycles. The largest absolute Gasteiger partial charge is 0.497 e. The van der Waals surface area contributed by atoms with E-state index in [0.29, 0.717) is 0 Å². The molecule has 0 radical (unpaired) electrons. The number of ether oxygens (including phenoxy) is 2. The van der Waals surface area contributed by atoms with Gasteiger partial charge < -0.3 is 9.47 Å². The molecule has 1 aromatic carbocycles. The summed E-state index contributed by atoms with van der Waals surface area (Å²) in [6, 6.07) is 8.41. The Labute approximate surface area is 118 Å². The first-order chi connectivity index (χ1) is 9.36. The molecule has 2 nitrogen and oxygen atoms in total. The summed E-state index contributed by atoms with van der Waals surface area (Å²) < 4.78 is 10.6. The minimum Gasteiger partial charge on any atom is -0.497 e. The van der Waals surface area contributed by atoms with Crippen LogP contribution in [0.1, 0.15) is 51.0 Å². The third kappa shape index (κ3) is 7.89. The lowest BCUT2D eigenvalue weighted by atomic mass is 10.1. The van der Waals surface area contributed by atoms with Crippen molar-refractivity contribution >= 4 is 0 Å². The zero-order valence-electron chi connectivity index (χ0n) is 12.5. The molecule has 19 heavy (non-hydrogen) atoms. The van der Waals surface area contributed by atoms with Gasteiger partial charge in [0, 0.05) is 13.2 Å². The summed E-state index contributed by atoms with van der Waals surface area (Å²) in [5.74, 6) is 0.941. The summed E-state index contributed by atoms with van der Waals surface area (Å²) in [6.45, 7) is 4.00. The van der Waals surface area contributed by atoms with Crippen molar-refractivity contribution in [2.75, 3.05) is 20.3 Å². The fourth-order valence-corrected chi connectivity index (χ4v) is 2.10. The number of benzene rings is 1. The van der Waals surface area contributed by atoms with E-state index < -0.39 is 0 Å². The molecule has 0 amide bonds. The van der Waals surface area contributed by atoms with Crippen LogP contribution in [0.25, 0.3) is 0 Å². The third-order valence-corrected chi connectivity index (χ3v) is 3.26. The van der Waals surface area contributed by atoms with Crippen molar-refractivity contribution in [2.24, 2.45) is 0 Å². The average molecular weight is 264 g/mol. The number of aryl methyl sites for hydroxylation is 1. The average Bonchev–Trinajstić information content (AvgIpc) is 2.46. The number of unbranched alkanes of at least 4 members (excludes halogenated alkanes) is 4. The molecule has 0 aromatic heterocycles. The van der Waals surface area contributed by atoms with Gasteiger partial charge in [0.15, 0.2) is 0 Å². The lowest BCUT2D eigenvalue weighted by Gasteiger charge is -2.04. The van der Waals surface area contributed by atoms with Gasteiger partial charge in [-0.1, -0.05) is 38.3 Å². The van der Waals surface area contributed by atoms with E-state index in [4.69, 9.17) is 9.47 Å². The lowest BCUT2D eigenvalue weighted by molar-refractivity contribution is 0.130. The smallest absolute Gasteiger partial charge is 0.118 e. The molecule has 0 saturated heterocycles. The highest BCUT2D eigenvalue weighted by atomic mass is 16.5. The van der Waals surface area contributed by atoms with E-state index in [-0.39, 0.29) is 0 Å². The highest BCUT2D eigenvalue weighted by Gasteiger charge is 1.96. The molecule has 0 bridgehead atoms. The zero-order chi connectivity index (χ0) is 13.8. The van der Waals surface area contributed by atoms with Gasteiger partial charge in [-0.15, -0.1) is 0 Å². The highest BCUT2D eigenvalue weighted by molar-refractivity contribution is 5.27. The number of hydrogen-bond donors (Lipinski definition) is 0. The second-order valence-corrected chi connectivity index (χ2v) is 4.98. The van der Waals surface area contributed by atoms with Gasteiger partial charge >= 0.3 is 0 Å². The lowest BCUT2D eigenvalue weighted by Crippen LogP contribution is -1.95. The predicted octanol–water partition coefficient (Wildman–Crippen LogP) is 4.61. The van der Waals surface area contributed by atoms with Crippen LogP contribution >= 0.6 is 0 Å². The quantitative estimate of drug-likeness (QED) is 0.543. The summed E-state index contributed by atoms with van der Waals surface area (Å²) >= 11 is 0. The Morgan fingerprint density at radius 2 is 1.53 bits per heavy atom. The molecule has 0 aliphatic rings. The maximum Gasteiger partial charge on any atom is 0.118 e. The maximum atomic E-state index is 5.47. The zero-order valence-corrected chi connectivity index (χ0v) is 12.5. The minimum atomic E-state index is 0.914. The van der Waals surface area contributed by atoms with Crippen molar-refractivity contribution in [3.8, 4) is 5.75 Å². The molecular weight excluding hydrogens is 236 g/mol. The molecule has 1 rings (SSSR count). The normalized spacial score (nSPS) is 10.6. The Morgan fingerprint density at radius 3 is 2.21 bits per heavy atom. The van der Waals surface area contributed by atoms with E-state index in [1.165, 1.54) is 44.1 Å². The van der Waals surface area contributed by atoms with Crippen LogP contribution in [0.5, 0.6) is 5.75 Å². The molecule has 0 N–H and O–H groups in total. The van der Waals surface area contributed by atoms with Gasteiger partial charge in [0.25, 0.3) is 0 Å². The Morgan fingerprint density at radius 1 is 0.842 bits per heavy atom. The van der Waals surface area contributed by atoms with Crippen LogP contribution in [0.2, 0.25) is 0 Å². The first kappa shape index (κ1) is 16.0. The van der Waals surface area contributed by atoms with Crippen molar-refractivity contribution in [3.05, 3.63) is 29.8 Å². The summed E-state index contributed by atoms with van der Waals surface area (Å²) in [4.78, 5) is 0. The van der Waals surface area contributed by atoms with Crippen LogP contribution < -0.4 is 4.74 Å². The van der Waals surface area contributed by atoms with E-state index >= 15 is 0 Å². The molecule has 108 valence electrons.